The number of benzene rings is 1. The predicted molar refractivity (Wildman–Crippen MR) is 83.7 cm³/mol. The number of hydrogen-bond acceptors (Lipinski definition) is 4. The second-order valence-electron chi connectivity index (χ2n) is 6.17. The van der Waals surface area contributed by atoms with E-state index in [-0.39, 0.29) is 0 Å². The highest BCUT2D eigenvalue weighted by atomic mass is 15.3. The molecule has 0 aliphatic carbocycles. The fourth-order valence-electron chi connectivity index (χ4n) is 3.64. The van der Waals surface area contributed by atoms with Gasteiger partial charge in [-0.15, -0.1) is 10.2 Å². The van der Waals surface area contributed by atoms with Gasteiger partial charge in [0.2, 0.25) is 0 Å². The van der Waals surface area contributed by atoms with Crippen LogP contribution in [0.4, 0.5) is 5.69 Å². The van der Waals surface area contributed by atoms with Crippen LogP contribution in [0.2, 0.25) is 0 Å². The normalized spacial score (nSPS) is 20.7. The van der Waals surface area contributed by atoms with Crippen molar-refractivity contribution in [2.24, 2.45) is 0 Å². The van der Waals surface area contributed by atoms with E-state index in [0.29, 0.717) is 11.5 Å². The van der Waals surface area contributed by atoms with Crippen molar-refractivity contribution in [3.63, 3.8) is 0 Å². The maximum absolute atomic E-state index is 8.91. The number of piperidine rings is 1. The number of anilines is 1. The molecule has 0 spiro atoms. The van der Waals surface area contributed by atoms with Crippen molar-refractivity contribution in [2.45, 2.75) is 38.1 Å². The molecule has 0 radical (unpaired) electrons. The summed E-state index contributed by atoms with van der Waals surface area (Å²) in [5, 5.41) is 17.7. The second kappa shape index (κ2) is 5.45. The van der Waals surface area contributed by atoms with Crippen LogP contribution >= 0.6 is 0 Å². The molecule has 1 atom stereocenters. The zero-order valence-corrected chi connectivity index (χ0v) is 12.6. The number of aromatic nitrogens is 3. The summed E-state index contributed by atoms with van der Waals surface area (Å²) < 4.78 is 2.33. The first-order valence-electron chi connectivity index (χ1n) is 8.02. The van der Waals surface area contributed by atoms with E-state index in [1.54, 1.807) is 0 Å². The first-order valence-corrected chi connectivity index (χ1v) is 8.02. The second-order valence-corrected chi connectivity index (χ2v) is 6.17. The van der Waals surface area contributed by atoms with E-state index in [1.165, 1.54) is 30.8 Å². The zero-order chi connectivity index (χ0) is 14.9. The summed E-state index contributed by atoms with van der Waals surface area (Å²) in [4.78, 5) is 2.41. The quantitative estimate of drug-likeness (QED) is 0.853. The van der Waals surface area contributed by atoms with Gasteiger partial charge in [0.15, 0.2) is 0 Å². The lowest BCUT2D eigenvalue weighted by atomic mass is 9.96. The molecule has 2 aromatic rings. The molecule has 0 bridgehead atoms. The Balaban J connectivity index is 1.55. The van der Waals surface area contributed by atoms with Crippen LogP contribution in [0.1, 0.15) is 42.4 Å². The highest BCUT2D eigenvalue weighted by molar-refractivity contribution is 5.50. The fraction of sp³-hybridized carbons (Fsp3) is 0.471. The SMILES string of the molecule is N#Cc1ccc(N2CCCC(c3nnc4n3CCC4)C2)cc1. The molecule has 1 unspecified atom stereocenters. The third kappa shape index (κ3) is 2.25. The lowest BCUT2D eigenvalue weighted by Crippen LogP contribution is -2.35. The molecule has 1 aromatic heterocycles. The summed E-state index contributed by atoms with van der Waals surface area (Å²) in [5.41, 5.74) is 1.91. The minimum Gasteiger partial charge on any atom is -0.371 e. The van der Waals surface area contributed by atoms with Gasteiger partial charge in [-0.2, -0.15) is 5.26 Å². The molecule has 1 aromatic carbocycles. The molecular weight excluding hydrogens is 274 g/mol. The Bertz CT molecular complexity index is 710. The van der Waals surface area contributed by atoms with Crippen molar-refractivity contribution >= 4 is 5.69 Å². The Hall–Kier alpha value is -2.35. The van der Waals surface area contributed by atoms with E-state index in [2.05, 4.69) is 37.9 Å². The maximum Gasteiger partial charge on any atom is 0.137 e. The predicted octanol–water partition coefficient (Wildman–Crippen LogP) is 2.48. The van der Waals surface area contributed by atoms with Gasteiger partial charge in [0.25, 0.3) is 0 Å². The lowest BCUT2D eigenvalue weighted by Gasteiger charge is -2.34. The van der Waals surface area contributed by atoms with Crippen LogP contribution in [-0.4, -0.2) is 27.9 Å². The molecule has 5 heteroatoms. The molecule has 1 fully saturated rings. The van der Waals surface area contributed by atoms with Crippen molar-refractivity contribution in [1.29, 1.82) is 5.26 Å². The molecule has 5 nitrogen and oxygen atoms in total. The molecule has 4 rings (SSSR count). The van der Waals surface area contributed by atoms with E-state index in [9.17, 15) is 0 Å². The van der Waals surface area contributed by atoms with E-state index in [0.717, 1.165) is 31.9 Å². The number of nitrogens with zero attached hydrogens (tertiary/aromatic N) is 5. The van der Waals surface area contributed by atoms with E-state index < -0.39 is 0 Å². The lowest BCUT2D eigenvalue weighted by molar-refractivity contribution is 0.473. The van der Waals surface area contributed by atoms with Crippen molar-refractivity contribution in [3.8, 4) is 6.07 Å². The molecule has 2 aliphatic heterocycles. The molecule has 0 amide bonds. The summed E-state index contributed by atoms with van der Waals surface area (Å²) in [6, 6.07) is 10.1. The maximum atomic E-state index is 8.91. The third-order valence-corrected chi connectivity index (χ3v) is 4.79. The average Bonchev–Trinajstić information content (AvgIpc) is 3.18. The Morgan fingerprint density at radius 2 is 1.95 bits per heavy atom. The topological polar surface area (TPSA) is 57.7 Å². The summed E-state index contributed by atoms with van der Waals surface area (Å²) in [7, 11) is 0. The van der Waals surface area contributed by atoms with Crippen LogP contribution in [0, 0.1) is 11.3 Å². The summed E-state index contributed by atoms with van der Waals surface area (Å²) in [5.74, 6) is 2.79. The largest absolute Gasteiger partial charge is 0.371 e. The monoisotopic (exact) mass is 293 g/mol. The summed E-state index contributed by atoms with van der Waals surface area (Å²) in [6.07, 6.45) is 4.63. The molecule has 0 N–H and O–H groups in total. The third-order valence-electron chi connectivity index (χ3n) is 4.79. The number of aryl methyl sites for hydroxylation is 1. The Kier molecular flexibility index (Phi) is 3.30. The van der Waals surface area contributed by atoms with Crippen LogP contribution in [-0.2, 0) is 13.0 Å². The van der Waals surface area contributed by atoms with E-state index in [1.807, 2.05) is 12.1 Å². The number of hydrogen-bond donors (Lipinski definition) is 0. The molecule has 1 saturated heterocycles. The van der Waals surface area contributed by atoms with Gasteiger partial charge < -0.3 is 9.47 Å². The molecule has 2 aliphatic rings. The van der Waals surface area contributed by atoms with Crippen LogP contribution in [0.5, 0.6) is 0 Å². The molecule has 0 saturated carbocycles. The minimum atomic E-state index is 0.462. The van der Waals surface area contributed by atoms with Gasteiger partial charge in [-0.05, 0) is 43.5 Å². The smallest absolute Gasteiger partial charge is 0.137 e. The van der Waals surface area contributed by atoms with Gasteiger partial charge in [0.05, 0.1) is 11.6 Å². The molecule has 3 heterocycles. The Labute approximate surface area is 130 Å². The minimum absolute atomic E-state index is 0.462. The average molecular weight is 293 g/mol. The van der Waals surface area contributed by atoms with Crippen molar-refractivity contribution in [1.82, 2.24) is 14.8 Å². The Morgan fingerprint density at radius 3 is 2.77 bits per heavy atom. The van der Waals surface area contributed by atoms with Gasteiger partial charge >= 0.3 is 0 Å². The van der Waals surface area contributed by atoms with Crippen molar-refractivity contribution in [3.05, 3.63) is 41.5 Å². The molecule has 112 valence electrons. The molecule has 22 heavy (non-hydrogen) atoms. The van der Waals surface area contributed by atoms with Gasteiger partial charge in [0, 0.05) is 37.7 Å². The standard InChI is InChI=1S/C17H19N5/c18-11-13-5-7-15(8-6-13)21-9-1-3-14(12-21)17-20-19-16-4-2-10-22(16)17/h5-8,14H,1-4,9-10,12H2. The summed E-state index contributed by atoms with van der Waals surface area (Å²) in [6.45, 7) is 3.14. The van der Waals surface area contributed by atoms with Gasteiger partial charge in [-0.3, -0.25) is 0 Å². The number of rotatable bonds is 2. The Morgan fingerprint density at radius 1 is 1.09 bits per heavy atom. The van der Waals surface area contributed by atoms with Gasteiger partial charge in [-0.25, -0.2) is 0 Å². The highest BCUT2D eigenvalue weighted by Crippen LogP contribution is 2.31. The first-order chi connectivity index (χ1) is 10.8. The number of fused-ring (bicyclic) bond motifs is 1. The zero-order valence-electron chi connectivity index (χ0n) is 12.6. The first kappa shape index (κ1) is 13.3. The van der Waals surface area contributed by atoms with Crippen LogP contribution in [0.25, 0.3) is 0 Å². The van der Waals surface area contributed by atoms with Crippen molar-refractivity contribution < 1.29 is 0 Å². The van der Waals surface area contributed by atoms with Crippen LogP contribution in [0.15, 0.2) is 24.3 Å². The van der Waals surface area contributed by atoms with Gasteiger partial charge in [0.1, 0.15) is 11.6 Å². The highest BCUT2D eigenvalue weighted by Gasteiger charge is 2.28. The van der Waals surface area contributed by atoms with E-state index in [4.69, 9.17) is 5.26 Å². The van der Waals surface area contributed by atoms with Crippen LogP contribution < -0.4 is 4.90 Å². The summed E-state index contributed by atoms with van der Waals surface area (Å²) >= 11 is 0. The van der Waals surface area contributed by atoms with E-state index >= 15 is 0 Å². The molecular formula is C17H19N5. The van der Waals surface area contributed by atoms with Crippen molar-refractivity contribution in [2.75, 3.05) is 18.0 Å². The fourth-order valence-corrected chi connectivity index (χ4v) is 3.64. The van der Waals surface area contributed by atoms with Gasteiger partial charge in [-0.1, -0.05) is 0 Å². The number of nitriles is 1. The van der Waals surface area contributed by atoms with Crippen LogP contribution in [0.3, 0.4) is 0 Å².